The molecular formula is C88H145N25O34S2. The number of aliphatic carboxylic acids is 5. The fourth-order valence-electron chi connectivity index (χ4n) is 15.2. The largest absolute Gasteiger partial charge is 0.481 e. The number of guanidine groups is 1. The van der Waals surface area contributed by atoms with Crippen molar-refractivity contribution in [2.24, 2.45) is 46.6 Å². The number of aliphatic hydroxyl groups excluding tert-OH is 3. The molecule has 0 radical (unpaired) electrons. The minimum absolute atomic E-state index is 0.0573. The van der Waals surface area contributed by atoms with Crippen molar-refractivity contribution in [1.82, 2.24) is 106 Å². The number of hydrogen-bond donors (Lipinski definition) is 33. The van der Waals surface area contributed by atoms with E-state index in [1.807, 2.05) is 40.4 Å². The number of nitrogens with zero attached hydrogens (tertiary/aromatic N) is 2. The third kappa shape index (κ3) is 48.3. The molecule has 21 amide bonds. The molecule has 0 aromatic heterocycles. The lowest BCUT2D eigenvalue weighted by atomic mass is 10.00. The molecule has 2 aliphatic rings. The first-order valence-electron chi connectivity index (χ1n) is 48.0. The minimum atomic E-state index is -2.23. The van der Waals surface area contributed by atoms with Gasteiger partial charge in [-0.1, -0.05) is 55.4 Å². The van der Waals surface area contributed by atoms with Gasteiger partial charge in [0.15, 0.2) is 5.96 Å². The number of carboxylic acids is 5. The van der Waals surface area contributed by atoms with Crippen molar-refractivity contribution in [3.63, 3.8) is 0 Å². The summed E-state index contributed by atoms with van der Waals surface area (Å²) in [6.07, 6.45) is -11.0. The van der Waals surface area contributed by atoms with Gasteiger partial charge in [0.1, 0.15) is 109 Å². The highest BCUT2D eigenvalue weighted by Crippen LogP contribution is 2.28. The summed E-state index contributed by atoms with van der Waals surface area (Å²) in [5.41, 5.74) is 22.2. The van der Waals surface area contributed by atoms with Gasteiger partial charge in [0.05, 0.1) is 50.7 Å². The molecule has 0 spiro atoms. The van der Waals surface area contributed by atoms with E-state index >= 15 is 0 Å². The number of amides is 21. The van der Waals surface area contributed by atoms with Crippen LogP contribution in [0.2, 0.25) is 0 Å². The molecule has 20 atom stereocenters. The number of primary amides is 2. The number of carboxylic acid groups (broad SMARTS) is 5. The van der Waals surface area contributed by atoms with Crippen molar-refractivity contribution in [2.45, 2.75) is 312 Å². The van der Waals surface area contributed by atoms with Crippen molar-refractivity contribution in [1.29, 1.82) is 5.41 Å². The summed E-state index contributed by atoms with van der Waals surface area (Å²) in [7, 11) is 0. The van der Waals surface area contributed by atoms with E-state index in [9.17, 15) is 160 Å². The number of nitrogens with one attached hydrogen (secondary N) is 19. The van der Waals surface area contributed by atoms with Gasteiger partial charge >= 0.3 is 29.8 Å². The van der Waals surface area contributed by atoms with E-state index < -0.39 is 369 Å². The Morgan fingerprint density at radius 2 is 0.685 bits per heavy atom. The van der Waals surface area contributed by atoms with Crippen LogP contribution < -0.4 is 119 Å². The number of hydrogen-bond acceptors (Lipinski definition) is 33. The standard InChI is InChI=1S/C88H145N25O34S2/c1-38(2)26-48(104-83(143)58-15-12-24-112(58)87(147)59-16-13-25-113(59)86(146)54(29-41(7)8)106-70(130)44(89)17-20-60(90)117)76(136)98-46(18-21-63(120)121)74(134)97-45(14-11-23-94-88(92)93)73(133)100-50(28-40(5)6)81(141)111-69(43(10)116)85(145)105-49(27-39(3)4)77(137)103-53(32-66(126)127)80(140)109-57(37-149)82(142)101-51(30-61(91)118)78(138)99-47(19-22-64(122)123)75(135)102-52(31-65(124)125)79(139)108-56(36-148)72(132)95-33-62(119)110-68(42(9)115)84(144)107-55(35-114)71(131)96-34-67(128)129/h38-59,68-69,114-116,148-149H,11-37,89H2,1-10H3,(H2,90,117)(H2,91,118)(H,95,132)(H,96,131)(H,97,134)(H,98,136)(H,99,138)(H,100,133)(H,101,142)(H,102,135)(H,103,137)(H,104,143)(H,105,145)(H,106,130)(H,107,144)(H,108,139)(H,109,140)(H,110,119)(H,111,141)(H,120,121)(H,122,123)(H,124,125)(H,126,127)(H,128,129)(H4,92,93,94)/t42-,43-,44+,45+,46+,47+,48+,49+,50+,51+,52+,53+,54+,55+,56+,57+,58+,59+,68+,69+/m1/s1. The number of likely N-dealkylation sites (tertiary alicyclic amines) is 2. The predicted octanol–water partition coefficient (Wildman–Crippen LogP) is -12.2. The Morgan fingerprint density at radius 3 is 1.09 bits per heavy atom. The molecule has 35 N–H and O–H groups in total. The SMILES string of the molecule is CC(C)C[C@H](NC(=O)[C@H](CCCNC(=N)N)NC(=O)[C@H](CCC(=O)O)NC(=O)[C@H](CC(C)C)NC(=O)[C@@H]1CCCN1C(=O)[C@@H]1CCCN1C(=O)[C@H](CC(C)C)NC(=O)[C@@H](N)CCC(N)=O)C(=O)N[C@H](C(=O)N[C@@H](CC(C)C)C(=O)N[C@@H](CC(=O)O)C(=O)N[C@@H](CS)C(=O)N[C@@H](CC(N)=O)C(=O)N[C@@H](CCC(=O)O)C(=O)N[C@@H](CC(=O)O)C(=O)N[C@@H](CS)C(=O)NCC(=O)N[C@H](C(=O)N[C@@H](CO)C(=O)NCC(=O)O)[C@@H](C)O)[C@@H](C)O. The summed E-state index contributed by atoms with van der Waals surface area (Å²) in [5.74, 6) is -35.9. The van der Waals surface area contributed by atoms with Gasteiger partial charge < -0.3 is 169 Å². The van der Waals surface area contributed by atoms with Crippen LogP contribution in [0.15, 0.2) is 0 Å². The number of carbonyl (C=O) groups is 26. The van der Waals surface area contributed by atoms with Gasteiger partial charge in [-0.05, 0) is 121 Å². The Morgan fingerprint density at radius 1 is 0.342 bits per heavy atom. The second-order valence-corrected chi connectivity index (χ2v) is 38.1. The van der Waals surface area contributed by atoms with E-state index in [1.165, 1.54) is 9.80 Å². The first-order valence-corrected chi connectivity index (χ1v) is 49.2. The highest BCUT2D eigenvalue weighted by atomic mass is 32.1. The van der Waals surface area contributed by atoms with Crippen LogP contribution in [0.4, 0.5) is 0 Å². The van der Waals surface area contributed by atoms with Crippen LogP contribution in [0.3, 0.4) is 0 Å². The summed E-state index contributed by atoms with van der Waals surface area (Å²) in [6, 6.07) is -31.4. The highest BCUT2D eigenvalue weighted by Gasteiger charge is 2.47. The van der Waals surface area contributed by atoms with E-state index in [1.54, 1.807) is 41.5 Å². The van der Waals surface area contributed by atoms with Crippen molar-refractivity contribution >= 4 is 185 Å². The highest BCUT2D eigenvalue weighted by molar-refractivity contribution is 7.80. The third-order valence-corrected chi connectivity index (χ3v) is 23.4. The monoisotopic (exact) mass is 2160 g/mol. The zero-order chi connectivity index (χ0) is 113. The summed E-state index contributed by atoms with van der Waals surface area (Å²) >= 11 is 8.07. The Kier molecular flexibility index (Phi) is 57.8. The van der Waals surface area contributed by atoms with Crippen LogP contribution in [0.1, 0.15) is 191 Å². The van der Waals surface area contributed by atoms with Crippen LogP contribution in [0.25, 0.3) is 0 Å². The average molecular weight is 2160 g/mol. The topological polar surface area (TPSA) is 957 Å². The van der Waals surface area contributed by atoms with Gasteiger partial charge in [-0.2, -0.15) is 25.3 Å². The van der Waals surface area contributed by atoms with Crippen LogP contribution in [-0.4, -0.2) is 382 Å². The van der Waals surface area contributed by atoms with Gasteiger partial charge in [0.2, 0.25) is 124 Å². The number of nitrogens with two attached hydrogens (primary N) is 4. The summed E-state index contributed by atoms with van der Waals surface area (Å²) in [6.45, 7) is 12.4. The first-order chi connectivity index (χ1) is 69.6. The lowest BCUT2D eigenvalue weighted by Gasteiger charge is -2.34. The molecule has 59 nitrogen and oxygen atoms in total. The fraction of sp³-hybridized carbons (Fsp3) is 0.693. The molecule has 0 unspecified atom stereocenters. The van der Waals surface area contributed by atoms with Gasteiger partial charge in [-0.3, -0.25) is 130 Å². The molecule has 2 heterocycles. The number of thiol groups is 2. The second kappa shape index (κ2) is 65.7. The molecule has 149 heavy (non-hydrogen) atoms. The summed E-state index contributed by atoms with van der Waals surface area (Å²) in [5, 5.41) is 127. The van der Waals surface area contributed by atoms with E-state index in [2.05, 4.69) is 94.4 Å². The Balaban J connectivity index is 2.48. The van der Waals surface area contributed by atoms with Crippen LogP contribution in [0, 0.1) is 29.1 Å². The molecule has 0 aromatic carbocycles. The van der Waals surface area contributed by atoms with Crippen LogP contribution in [0.5, 0.6) is 0 Å². The molecule has 0 saturated carbocycles. The molecule has 61 heteroatoms. The maximum atomic E-state index is 14.8. The quantitative estimate of drug-likeness (QED) is 0.0116. The van der Waals surface area contributed by atoms with E-state index in [4.69, 9.17) is 33.5 Å². The van der Waals surface area contributed by atoms with Gasteiger partial charge in [-0.25, -0.2) is 0 Å². The minimum Gasteiger partial charge on any atom is -0.481 e. The van der Waals surface area contributed by atoms with E-state index in [0.717, 1.165) is 13.8 Å². The number of aliphatic hydroxyl groups is 3. The van der Waals surface area contributed by atoms with Crippen LogP contribution in [-0.2, 0) is 125 Å². The zero-order valence-electron chi connectivity index (χ0n) is 84.2. The lowest BCUT2D eigenvalue weighted by molar-refractivity contribution is -0.148. The normalized spacial score (nSPS) is 16.9. The van der Waals surface area contributed by atoms with Crippen LogP contribution >= 0.6 is 25.3 Å². The van der Waals surface area contributed by atoms with Crippen molar-refractivity contribution in [3.8, 4) is 0 Å². The Labute approximate surface area is 867 Å². The molecule has 0 aliphatic carbocycles. The number of carbonyl (C=O) groups excluding carboxylic acids is 21. The van der Waals surface area contributed by atoms with Crippen molar-refractivity contribution < 1.29 is 166 Å². The van der Waals surface area contributed by atoms with E-state index in [-0.39, 0.29) is 95.7 Å². The molecular weight excluding hydrogens is 2020 g/mol. The first kappa shape index (κ1) is 131. The summed E-state index contributed by atoms with van der Waals surface area (Å²) < 4.78 is 0. The van der Waals surface area contributed by atoms with Gasteiger partial charge in [-0.15, -0.1) is 0 Å². The Hall–Kier alpha value is -14.0. The summed E-state index contributed by atoms with van der Waals surface area (Å²) in [4.78, 5) is 352. The molecule has 838 valence electrons. The van der Waals surface area contributed by atoms with E-state index in [0.29, 0.717) is 12.8 Å². The van der Waals surface area contributed by atoms with Crippen molar-refractivity contribution in [3.05, 3.63) is 0 Å². The molecule has 0 aromatic rings. The Bertz CT molecular complexity index is 4740. The fourth-order valence-corrected chi connectivity index (χ4v) is 15.7. The third-order valence-electron chi connectivity index (χ3n) is 22.7. The average Bonchev–Trinajstić information content (AvgIpc) is 1.47. The zero-order valence-corrected chi connectivity index (χ0v) is 86.0. The van der Waals surface area contributed by atoms with Gasteiger partial charge in [0.25, 0.3) is 0 Å². The van der Waals surface area contributed by atoms with Crippen molar-refractivity contribution in [2.75, 3.05) is 50.8 Å². The number of rotatable bonds is 69. The predicted molar refractivity (Wildman–Crippen MR) is 526 cm³/mol. The smallest absolute Gasteiger partial charge is 0.322 e. The lowest BCUT2D eigenvalue weighted by Crippen LogP contribution is -2.62. The maximum Gasteiger partial charge on any atom is 0.322 e. The molecule has 0 bridgehead atoms. The molecule has 2 rings (SSSR count). The maximum absolute atomic E-state index is 14.8. The second-order valence-electron chi connectivity index (χ2n) is 37.4. The molecule has 2 fully saturated rings. The molecule has 2 saturated heterocycles. The molecule has 2 aliphatic heterocycles. The van der Waals surface area contributed by atoms with Gasteiger partial charge in [0, 0.05) is 50.4 Å².